The van der Waals surface area contributed by atoms with Crippen LogP contribution in [0.1, 0.15) is 26.5 Å². The lowest BCUT2D eigenvalue weighted by molar-refractivity contribution is 0.0948. The van der Waals surface area contributed by atoms with Crippen molar-refractivity contribution >= 4 is 44.0 Å². The van der Waals surface area contributed by atoms with Crippen LogP contribution in [-0.2, 0) is 6.54 Å². The van der Waals surface area contributed by atoms with Crippen LogP contribution in [0.3, 0.4) is 0 Å². The van der Waals surface area contributed by atoms with Gasteiger partial charge in [0.1, 0.15) is 10.3 Å². The van der Waals surface area contributed by atoms with Gasteiger partial charge in [-0.05, 0) is 26.1 Å². The molecule has 0 aliphatic carbocycles. The van der Waals surface area contributed by atoms with E-state index in [4.69, 9.17) is 4.74 Å². The number of nitrogens with zero attached hydrogens (tertiary/aromatic N) is 3. The van der Waals surface area contributed by atoms with Crippen LogP contribution >= 0.6 is 11.3 Å². The molecule has 3 heterocycles. The number of Topliss-reactive ketones (excluding diaryl/α,β-unsaturated/α-hetero) is 1. The van der Waals surface area contributed by atoms with E-state index in [2.05, 4.69) is 22.2 Å². The van der Waals surface area contributed by atoms with Gasteiger partial charge in [-0.1, -0.05) is 48.5 Å². The lowest BCUT2D eigenvalue weighted by Gasteiger charge is -2.32. The van der Waals surface area contributed by atoms with E-state index in [1.807, 2.05) is 30.3 Å². The summed E-state index contributed by atoms with van der Waals surface area (Å²) in [5, 5.41) is 4.15. The molecule has 1 aliphatic heterocycles. The van der Waals surface area contributed by atoms with Crippen molar-refractivity contribution in [2.45, 2.75) is 13.0 Å². The Balaban J connectivity index is 1.43. The van der Waals surface area contributed by atoms with Crippen molar-refractivity contribution in [3.05, 3.63) is 75.4 Å². The molecule has 1 aliphatic rings. The average molecular weight is 533 g/mol. The molecule has 1 fully saturated rings. The standard InChI is InChI=1S/C29H32N4O4S/c1-31-15-17-32(18-16-31)14-8-13-30-28(35)27-25(37-2)24-26(38-27)21-11-6-7-12-22(21)33(29(24)36)19-23(34)20-9-4-3-5-10-20/h3-7,9-12H,8,13-19H2,1-2H3,(H,30,35). The molecular formula is C29H32N4O4S. The minimum absolute atomic E-state index is 0.105. The molecule has 0 unspecified atom stereocenters. The van der Waals surface area contributed by atoms with Crippen LogP contribution in [0.2, 0.25) is 0 Å². The highest BCUT2D eigenvalue weighted by Crippen LogP contribution is 2.39. The predicted molar refractivity (Wildman–Crippen MR) is 152 cm³/mol. The summed E-state index contributed by atoms with van der Waals surface area (Å²) in [5.74, 6) is -0.153. The lowest BCUT2D eigenvalue weighted by atomic mass is 10.1. The van der Waals surface area contributed by atoms with Crippen LogP contribution in [0, 0.1) is 0 Å². The van der Waals surface area contributed by atoms with Crippen molar-refractivity contribution in [2.24, 2.45) is 0 Å². The minimum Gasteiger partial charge on any atom is -0.494 e. The van der Waals surface area contributed by atoms with Gasteiger partial charge in [0, 0.05) is 43.7 Å². The first-order chi connectivity index (χ1) is 18.5. The molecule has 2 aromatic heterocycles. The van der Waals surface area contributed by atoms with E-state index in [1.54, 1.807) is 24.3 Å². The molecule has 0 radical (unpaired) electrons. The fourth-order valence-corrected chi connectivity index (χ4v) is 6.17. The van der Waals surface area contributed by atoms with E-state index in [9.17, 15) is 14.4 Å². The largest absolute Gasteiger partial charge is 0.494 e. The van der Waals surface area contributed by atoms with Crippen molar-refractivity contribution in [2.75, 3.05) is 53.4 Å². The molecule has 198 valence electrons. The second kappa shape index (κ2) is 11.5. The number of nitrogens with one attached hydrogen (secondary N) is 1. The summed E-state index contributed by atoms with van der Waals surface area (Å²) in [6.07, 6.45) is 0.847. The Morgan fingerprint density at radius 2 is 1.71 bits per heavy atom. The Kier molecular flexibility index (Phi) is 7.87. The van der Waals surface area contributed by atoms with Crippen LogP contribution in [-0.4, -0.2) is 79.5 Å². The SMILES string of the molecule is COc1c(C(=O)NCCCN2CCN(C)CC2)sc2c1c(=O)n(CC(=O)c1ccccc1)c1ccccc21. The van der Waals surface area contributed by atoms with Gasteiger partial charge in [0.05, 0.1) is 23.9 Å². The first kappa shape index (κ1) is 26.1. The lowest BCUT2D eigenvalue weighted by Crippen LogP contribution is -2.45. The number of fused-ring (bicyclic) bond motifs is 3. The second-order valence-corrected chi connectivity index (χ2v) is 10.6. The van der Waals surface area contributed by atoms with E-state index in [0.717, 1.165) is 44.5 Å². The zero-order valence-electron chi connectivity index (χ0n) is 21.7. The highest BCUT2D eigenvalue weighted by Gasteiger charge is 2.25. The molecule has 9 heteroatoms. The number of hydrogen-bond donors (Lipinski definition) is 1. The molecular weight excluding hydrogens is 500 g/mol. The maximum Gasteiger partial charge on any atom is 0.265 e. The van der Waals surface area contributed by atoms with Crippen LogP contribution in [0.25, 0.3) is 21.0 Å². The highest BCUT2D eigenvalue weighted by atomic mass is 32.1. The van der Waals surface area contributed by atoms with E-state index >= 15 is 0 Å². The van der Waals surface area contributed by atoms with Gasteiger partial charge in [-0.25, -0.2) is 0 Å². The van der Waals surface area contributed by atoms with Gasteiger partial charge in [0.25, 0.3) is 11.5 Å². The minimum atomic E-state index is -0.342. The number of carbonyl (C=O) groups excluding carboxylic acids is 2. The summed E-state index contributed by atoms with van der Waals surface area (Å²) >= 11 is 1.26. The molecule has 38 heavy (non-hydrogen) atoms. The molecule has 1 amide bonds. The van der Waals surface area contributed by atoms with Crippen molar-refractivity contribution in [1.82, 2.24) is 19.7 Å². The summed E-state index contributed by atoms with van der Waals surface area (Å²) in [4.78, 5) is 45.1. The Morgan fingerprint density at radius 3 is 2.45 bits per heavy atom. The van der Waals surface area contributed by atoms with Gasteiger partial charge >= 0.3 is 0 Å². The average Bonchev–Trinajstić information content (AvgIpc) is 3.35. The maximum atomic E-state index is 13.8. The van der Waals surface area contributed by atoms with E-state index in [0.29, 0.717) is 32.6 Å². The first-order valence-electron chi connectivity index (χ1n) is 12.9. The number of carbonyl (C=O) groups is 2. The van der Waals surface area contributed by atoms with Gasteiger partial charge in [0.15, 0.2) is 11.5 Å². The summed E-state index contributed by atoms with van der Waals surface area (Å²) in [6.45, 7) is 5.58. The summed E-state index contributed by atoms with van der Waals surface area (Å²) < 4.78 is 7.82. The summed E-state index contributed by atoms with van der Waals surface area (Å²) in [5.41, 5.74) is 0.847. The number of hydrogen-bond acceptors (Lipinski definition) is 7. The molecule has 0 atom stereocenters. The number of piperazine rings is 1. The molecule has 0 spiro atoms. The Bertz CT molecular complexity index is 1520. The molecule has 4 aromatic rings. The molecule has 0 bridgehead atoms. The van der Waals surface area contributed by atoms with Crippen molar-refractivity contribution in [1.29, 1.82) is 0 Å². The molecule has 5 rings (SSSR count). The number of benzene rings is 2. The molecule has 1 N–H and O–H groups in total. The number of aromatic nitrogens is 1. The topological polar surface area (TPSA) is 83.9 Å². The van der Waals surface area contributed by atoms with E-state index in [1.165, 1.54) is 23.0 Å². The monoisotopic (exact) mass is 532 g/mol. The molecule has 0 saturated carbocycles. The zero-order chi connectivity index (χ0) is 26.6. The number of thiophene rings is 1. The van der Waals surface area contributed by atoms with Gasteiger partial charge < -0.3 is 19.9 Å². The Labute approximate surface area is 225 Å². The number of pyridine rings is 1. The third-order valence-corrected chi connectivity index (χ3v) is 8.31. The van der Waals surface area contributed by atoms with Crippen molar-refractivity contribution in [3.8, 4) is 5.75 Å². The van der Waals surface area contributed by atoms with E-state index < -0.39 is 0 Å². The van der Waals surface area contributed by atoms with Gasteiger partial charge in [-0.15, -0.1) is 11.3 Å². The maximum absolute atomic E-state index is 13.8. The third kappa shape index (κ3) is 5.22. The van der Waals surface area contributed by atoms with Gasteiger partial charge in [0.2, 0.25) is 0 Å². The third-order valence-electron chi connectivity index (χ3n) is 7.10. The van der Waals surface area contributed by atoms with Crippen LogP contribution in [0.4, 0.5) is 0 Å². The van der Waals surface area contributed by atoms with Crippen molar-refractivity contribution in [3.63, 3.8) is 0 Å². The van der Waals surface area contributed by atoms with Crippen LogP contribution in [0.15, 0.2) is 59.4 Å². The fraction of sp³-hybridized carbons (Fsp3) is 0.345. The quantitative estimate of drug-likeness (QED) is 0.263. The molecule has 8 nitrogen and oxygen atoms in total. The first-order valence-corrected chi connectivity index (χ1v) is 13.7. The second-order valence-electron chi connectivity index (χ2n) is 9.62. The Morgan fingerprint density at radius 1 is 1.00 bits per heavy atom. The Hall–Kier alpha value is -3.53. The number of rotatable bonds is 9. The number of methoxy groups -OCH3 is 1. The summed E-state index contributed by atoms with van der Waals surface area (Å²) in [7, 11) is 3.61. The summed E-state index contributed by atoms with van der Waals surface area (Å²) in [6, 6.07) is 16.4. The van der Waals surface area contributed by atoms with Gasteiger partial charge in [-0.3, -0.25) is 19.0 Å². The predicted octanol–water partition coefficient (Wildman–Crippen LogP) is 3.48. The highest BCUT2D eigenvalue weighted by molar-refractivity contribution is 7.22. The molecule has 1 saturated heterocycles. The smallest absolute Gasteiger partial charge is 0.265 e. The number of amides is 1. The van der Waals surface area contributed by atoms with Crippen LogP contribution < -0.4 is 15.6 Å². The number of ketones is 1. The normalized spacial score (nSPS) is 14.7. The van der Waals surface area contributed by atoms with E-state index in [-0.39, 0.29) is 29.5 Å². The zero-order valence-corrected chi connectivity index (χ0v) is 22.6. The number of ether oxygens (including phenoxy) is 1. The van der Waals surface area contributed by atoms with Gasteiger partial charge in [-0.2, -0.15) is 0 Å². The molecule has 2 aromatic carbocycles. The van der Waals surface area contributed by atoms with Crippen molar-refractivity contribution < 1.29 is 14.3 Å². The number of likely N-dealkylation sites (N-methyl/N-ethyl adjacent to an activating group) is 1. The van der Waals surface area contributed by atoms with Crippen LogP contribution in [0.5, 0.6) is 5.75 Å². The fourth-order valence-electron chi connectivity index (χ4n) is 4.96. The number of para-hydroxylation sites is 1.